The Morgan fingerprint density at radius 2 is 2.24 bits per heavy atom. The van der Waals surface area contributed by atoms with Gasteiger partial charge in [-0.15, -0.1) is 11.8 Å². The molecule has 8 heteroatoms. The first-order valence-electron chi connectivity index (χ1n) is 8.01. The van der Waals surface area contributed by atoms with E-state index in [1.54, 1.807) is 0 Å². The molecule has 1 aromatic carbocycles. The molecular formula is C17H21N5O2S. The number of hydrogen-bond acceptors (Lipinski definition) is 6. The van der Waals surface area contributed by atoms with Gasteiger partial charge in [-0.05, 0) is 37.3 Å². The lowest BCUT2D eigenvalue weighted by atomic mass is 10.0. The zero-order valence-corrected chi connectivity index (χ0v) is 15.2. The van der Waals surface area contributed by atoms with Gasteiger partial charge in [-0.1, -0.05) is 13.0 Å². The predicted octanol–water partition coefficient (Wildman–Crippen LogP) is 2.22. The molecule has 0 fully saturated rings. The molecule has 1 aromatic heterocycles. The van der Waals surface area contributed by atoms with Gasteiger partial charge < -0.3 is 15.8 Å². The lowest BCUT2D eigenvalue weighted by Crippen LogP contribution is -2.44. The number of hydrogen-bond donors (Lipinski definition) is 3. The Hall–Kier alpha value is -2.48. The molecule has 0 radical (unpaired) electrons. The van der Waals surface area contributed by atoms with Gasteiger partial charge in [0.05, 0.1) is 17.8 Å². The second kappa shape index (κ2) is 6.79. The minimum Gasteiger partial charge on any atom is -0.477 e. The maximum atomic E-state index is 12.2. The summed E-state index contributed by atoms with van der Waals surface area (Å²) in [5.41, 5.74) is 8.22. The predicted molar refractivity (Wildman–Crippen MR) is 101 cm³/mol. The summed E-state index contributed by atoms with van der Waals surface area (Å²) < 4.78 is 5.75. The van der Waals surface area contributed by atoms with Crippen LogP contribution in [0.1, 0.15) is 25.8 Å². The van der Waals surface area contributed by atoms with E-state index in [-0.39, 0.29) is 11.5 Å². The number of amides is 1. The van der Waals surface area contributed by atoms with Crippen molar-refractivity contribution in [3.63, 3.8) is 0 Å². The normalized spacial score (nSPS) is 20.4. The summed E-state index contributed by atoms with van der Waals surface area (Å²) in [6.07, 6.45) is 4.56. The monoisotopic (exact) mass is 359 g/mol. The van der Waals surface area contributed by atoms with Crippen LogP contribution >= 0.6 is 11.8 Å². The molecule has 1 amide bonds. The minimum absolute atomic E-state index is 0.266. The Morgan fingerprint density at radius 1 is 1.44 bits per heavy atom. The summed E-state index contributed by atoms with van der Waals surface area (Å²) in [7, 11) is 0. The van der Waals surface area contributed by atoms with E-state index in [0.29, 0.717) is 12.3 Å². The highest BCUT2D eigenvalue weighted by Crippen LogP contribution is 2.33. The second-order valence-electron chi connectivity index (χ2n) is 5.85. The average Bonchev–Trinajstić information content (AvgIpc) is 3.06. The van der Waals surface area contributed by atoms with Crippen LogP contribution in [0.4, 0.5) is 0 Å². The molecule has 1 unspecified atom stereocenters. The Kier molecular flexibility index (Phi) is 4.71. The van der Waals surface area contributed by atoms with Crippen molar-refractivity contribution in [3.8, 4) is 0 Å². The third kappa shape index (κ3) is 3.34. The highest BCUT2D eigenvalue weighted by molar-refractivity contribution is 7.99. The first kappa shape index (κ1) is 17.3. The van der Waals surface area contributed by atoms with Crippen LogP contribution < -0.4 is 11.1 Å². The average molecular weight is 359 g/mol. The van der Waals surface area contributed by atoms with Gasteiger partial charge in [-0.25, -0.2) is 4.99 Å². The molecule has 7 nitrogen and oxygen atoms in total. The number of nitrogens with zero attached hydrogens (tertiary/aromatic N) is 2. The zero-order chi connectivity index (χ0) is 18.0. The third-order valence-corrected chi connectivity index (χ3v) is 4.93. The molecule has 0 saturated heterocycles. The summed E-state index contributed by atoms with van der Waals surface area (Å²) in [4.78, 5) is 16.1. The van der Waals surface area contributed by atoms with Crippen molar-refractivity contribution in [3.05, 3.63) is 35.5 Å². The van der Waals surface area contributed by atoms with Crippen LogP contribution in [0.3, 0.4) is 0 Å². The SMILES string of the molecule is CCCOC1=NC(C)(SC)NC(c2ccc3n[nH]cc3c2)=C1C(N)=O. The Labute approximate surface area is 150 Å². The van der Waals surface area contributed by atoms with Gasteiger partial charge in [0, 0.05) is 11.6 Å². The third-order valence-electron chi connectivity index (χ3n) is 3.94. The number of benzene rings is 1. The molecule has 0 saturated carbocycles. The molecule has 2 aromatic rings. The number of H-pyrrole nitrogens is 1. The van der Waals surface area contributed by atoms with Crippen LogP contribution in [-0.4, -0.2) is 39.9 Å². The molecule has 1 aliphatic rings. The summed E-state index contributed by atoms with van der Waals surface area (Å²) in [6.45, 7) is 4.39. The van der Waals surface area contributed by atoms with E-state index in [0.717, 1.165) is 22.9 Å². The number of aromatic amines is 1. The largest absolute Gasteiger partial charge is 0.477 e. The number of nitrogens with two attached hydrogens (primary N) is 1. The van der Waals surface area contributed by atoms with E-state index in [4.69, 9.17) is 10.5 Å². The number of carbonyl (C=O) groups is 1. The molecule has 0 bridgehead atoms. The van der Waals surface area contributed by atoms with Gasteiger partial charge in [-0.3, -0.25) is 9.89 Å². The minimum atomic E-state index is -0.650. The fourth-order valence-electron chi connectivity index (χ4n) is 2.62. The van der Waals surface area contributed by atoms with E-state index in [1.165, 1.54) is 11.8 Å². The quantitative estimate of drug-likeness (QED) is 0.759. The number of carbonyl (C=O) groups excluding carboxylic acids is 1. The Balaban J connectivity index is 2.16. The molecule has 3 rings (SSSR count). The van der Waals surface area contributed by atoms with Gasteiger partial charge in [-0.2, -0.15) is 5.10 Å². The summed E-state index contributed by atoms with van der Waals surface area (Å²) in [5, 5.41) is 11.3. The number of rotatable bonds is 5. The molecule has 1 atom stereocenters. The van der Waals surface area contributed by atoms with Gasteiger partial charge in [0.2, 0.25) is 5.90 Å². The molecule has 0 spiro atoms. The summed E-state index contributed by atoms with van der Waals surface area (Å²) in [6, 6.07) is 5.74. The Bertz CT molecular complexity index is 873. The van der Waals surface area contributed by atoms with Crippen molar-refractivity contribution >= 4 is 40.2 Å². The first-order chi connectivity index (χ1) is 12.0. The lowest BCUT2D eigenvalue weighted by Gasteiger charge is -2.33. The maximum absolute atomic E-state index is 12.2. The van der Waals surface area contributed by atoms with Gasteiger partial charge >= 0.3 is 0 Å². The first-order valence-corrected chi connectivity index (χ1v) is 9.24. The molecule has 0 aliphatic carbocycles. The number of nitrogens with one attached hydrogen (secondary N) is 2. The van der Waals surface area contributed by atoms with Crippen molar-refractivity contribution < 1.29 is 9.53 Å². The number of fused-ring (bicyclic) bond motifs is 1. The van der Waals surface area contributed by atoms with Crippen LogP contribution in [0, 0.1) is 0 Å². The molecule has 4 N–H and O–H groups in total. The van der Waals surface area contributed by atoms with Gasteiger partial charge in [0.25, 0.3) is 5.91 Å². The zero-order valence-electron chi connectivity index (χ0n) is 14.4. The fourth-order valence-corrected chi connectivity index (χ4v) is 3.00. The van der Waals surface area contributed by atoms with Crippen LogP contribution in [-0.2, 0) is 9.53 Å². The van der Waals surface area contributed by atoms with E-state index in [1.807, 2.05) is 44.5 Å². The smallest absolute Gasteiger partial charge is 0.256 e. The van der Waals surface area contributed by atoms with Crippen LogP contribution in [0.5, 0.6) is 0 Å². The summed E-state index contributed by atoms with van der Waals surface area (Å²) in [5.74, 6) is -0.292. The number of thioether (sulfide) groups is 1. The Morgan fingerprint density at radius 3 is 2.92 bits per heavy atom. The van der Waals surface area contributed by atoms with E-state index >= 15 is 0 Å². The lowest BCUT2D eigenvalue weighted by molar-refractivity contribution is -0.114. The van der Waals surface area contributed by atoms with Crippen LogP contribution in [0.15, 0.2) is 35.0 Å². The van der Waals surface area contributed by atoms with Crippen molar-refractivity contribution in [2.24, 2.45) is 10.7 Å². The topological polar surface area (TPSA) is 105 Å². The maximum Gasteiger partial charge on any atom is 0.256 e. The van der Waals surface area contributed by atoms with Crippen molar-refractivity contribution in [2.75, 3.05) is 12.9 Å². The van der Waals surface area contributed by atoms with Crippen LogP contribution in [0.2, 0.25) is 0 Å². The van der Waals surface area contributed by atoms with Crippen molar-refractivity contribution in [1.29, 1.82) is 0 Å². The molecule has 25 heavy (non-hydrogen) atoms. The number of ether oxygens (including phenoxy) is 1. The summed E-state index contributed by atoms with van der Waals surface area (Å²) >= 11 is 1.52. The highest BCUT2D eigenvalue weighted by atomic mass is 32.2. The standard InChI is InChI=1S/C17H21N5O2S/c1-4-7-24-16-13(15(18)23)14(20-17(2,21-16)25-3)10-5-6-12-11(8-10)9-19-22-12/h5-6,8-9,20H,4,7H2,1-3H3,(H2,18,23)(H,19,22). The van der Waals surface area contributed by atoms with E-state index in [2.05, 4.69) is 20.5 Å². The number of aliphatic imine (C=N–C) groups is 1. The number of aromatic nitrogens is 2. The molecule has 2 heterocycles. The van der Waals surface area contributed by atoms with Crippen molar-refractivity contribution in [1.82, 2.24) is 15.5 Å². The molecule has 132 valence electrons. The molecular weight excluding hydrogens is 338 g/mol. The molecule has 1 aliphatic heterocycles. The van der Waals surface area contributed by atoms with Gasteiger partial charge in [0.15, 0.2) is 4.99 Å². The van der Waals surface area contributed by atoms with Gasteiger partial charge in [0.1, 0.15) is 5.57 Å². The van der Waals surface area contributed by atoms with Crippen molar-refractivity contribution in [2.45, 2.75) is 25.3 Å². The highest BCUT2D eigenvalue weighted by Gasteiger charge is 2.35. The number of primary amides is 1. The van der Waals surface area contributed by atoms with E-state index < -0.39 is 10.9 Å². The van der Waals surface area contributed by atoms with E-state index in [9.17, 15) is 4.79 Å². The fraction of sp³-hybridized carbons (Fsp3) is 0.353. The second-order valence-corrected chi connectivity index (χ2v) is 7.05. The van der Waals surface area contributed by atoms with Crippen LogP contribution in [0.25, 0.3) is 16.6 Å².